The van der Waals surface area contributed by atoms with Gasteiger partial charge in [0.2, 0.25) is 0 Å². The molecule has 114 valence electrons. The summed E-state index contributed by atoms with van der Waals surface area (Å²) in [7, 11) is 0. The number of morpholine rings is 1. The highest BCUT2D eigenvalue weighted by Gasteiger charge is 2.14. The average Bonchev–Trinajstić information content (AvgIpc) is 2.57. The van der Waals surface area contributed by atoms with E-state index in [0.29, 0.717) is 29.6 Å². The lowest BCUT2D eigenvalue weighted by Gasteiger charge is -2.27. The lowest BCUT2D eigenvalue weighted by molar-refractivity contribution is 0.102. The summed E-state index contributed by atoms with van der Waals surface area (Å²) in [6.07, 6.45) is 0. The molecular weight excluding hydrogens is 304 g/mol. The number of halogens is 1. The van der Waals surface area contributed by atoms with Gasteiger partial charge in [0.05, 0.1) is 23.8 Å². The zero-order valence-corrected chi connectivity index (χ0v) is 12.6. The molecule has 1 amide bonds. The smallest absolute Gasteiger partial charge is 0.258 e. The number of carbonyl (C=O) groups is 1. The minimum atomic E-state index is -0.306. The van der Waals surface area contributed by atoms with Crippen molar-refractivity contribution in [3.05, 3.63) is 47.0 Å². The molecule has 1 aromatic carbocycles. The van der Waals surface area contributed by atoms with Gasteiger partial charge < -0.3 is 15.0 Å². The Balaban J connectivity index is 1.68. The minimum Gasteiger partial charge on any atom is -0.378 e. The molecule has 1 aliphatic heterocycles. The Labute approximate surface area is 133 Å². The number of benzene rings is 1. The maximum atomic E-state index is 12.1. The minimum absolute atomic E-state index is 0.306. The Bertz CT molecular complexity index is 657. The number of hydrogen-bond acceptors (Lipinski definition) is 5. The zero-order chi connectivity index (χ0) is 15.4. The third kappa shape index (κ3) is 3.35. The van der Waals surface area contributed by atoms with Crippen LogP contribution in [0.5, 0.6) is 0 Å². The molecule has 2 heterocycles. The van der Waals surface area contributed by atoms with Crippen LogP contribution in [0.25, 0.3) is 0 Å². The maximum Gasteiger partial charge on any atom is 0.258 e. The number of carbonyl (C=O) groups excluding carboxylic acids is 1. The second-order valence-corrected chi connectivity index (χ2v) is 5.22. The number of hydrogen-bond donors (Lipinski definition) is 1. The predicted molar refractivity (Wildman–Crippen MR) is 84.5 cm³/mol. The first kappa shape index (κ1) is 14.7. The van der Waals surface area contributed by atoms with E-state index in [4.69, 9.17) is 16.3 Å². The molecule has 6 nitrogen and oxygen atoms in total. The summed E-state index contributed by atoms with van der Waals surface area (Å²) in [5.74, 6) is 0.861. The summed E-state index contributed by atoms with van der Waals surface area (Å²) in [6, 6.07) is 10.4. The molecule has 1 fully saturated rings. The van der Waals surface area contributed by atoms with E-state index in [1.54, 1.807) is 30.3 Å². The van der Waals surface area contributed by atoms with Gasteiger partial charge in [-0.25, -0.2) is 0 Å². The largest absolute Gasteiger partial charge is 0.378 e. The fourth-order valence-corrected chi connectivity index (χ4v) is 2.40. The number of rotatable bonds is 3. The summed E-state index contributed by atoms with van der Waals surface area (Å²) in [4.78, 5) is 14.2. The second kappa shape index (κ2) is 6.72. The summed E-state index contributed by atoms with van der Waals surface area (Å²) in [5.41, 5.74) is 0.406. The van der Waals surface area contributed by atoms with Crippen LogP contribution in [-0.2, 0) is 4.74 Å². The quantitative estimate of drug-likeness (QED) is 0.940. The van der Waals surface area contributed by atoms with Gasteiger partial charge in [0, 0.05) is 13.1 Å². The fraction of sp³-hybridized carbons (Fsp3) is 0.267. The lowest BCUT2D eigenvalue weighted by Crippen LogP contribution is -2.36. The highest BCUT2D eigenvalue weighted by molar-refractivity contribution is 6.34. The molecule has 0 bridgehead atoms. The third-order valence-corrected chi connectivity index (χ3v) is 3.68. The van der Waals surface area contributed by atoms with Crippen LogP contribution in [0, 0.1) is 0 Å². The second-order valence-electron chi connectivity index (χ2n) is 4.81. The van der Waals surface area contributed by atoms with Gasteiger partial charge in [0.25, 0.3) is 5.91 Å². The first-order chi connectivity index (χ1) is 10.7. The van der Waals surface area contributed by atoms with E-state index in [-0.39, 0.29) is 5.91 Å². The summed E-state index contributed by atoms with van der Waals surface area (Å²) < 4.78 is 5.30. The number of ether oxygens (including phenoxy) is 1. The van der Waals surface area contributed by atoms with Crippen molar-refractivity contribution in [3.8, 4) is 0 Å². The van der Waals surface area contributed by atoms with E-state index in [1.165, 1.54) is 0 Å². The van der Waals surface area contributed by atoms with Crippen molar-refractivity contribution < 1.29 is 9.53 Å². The van der Waals surface area contributed by atoms with Crippen molar-refractivity contribution in [1.82, 2.24) is 10.2 Å². The zero-order valence-electron chi connectivity index (χ0n) is 11.8. The van der Waals surface area contributed by atoms with Crippen molar-refractivity contribution in [2.45, 2.75) is 0 Å². The lowest BCUT2D eigenvalue weighted by atomic mass is 10.2. The fourth-order valence-electron chi connectivity index (χ4n) is 2.18. The molecule has 2 aromatic rings. The van der Waals surface area contributed by atoms with Gasteiger partial charge in [-0.05, 0) is 24.3 Å². The van der Waals surface area contributed by atoms with Crippen molar-refractivity contribution >= 4 is 29.1 Å². The number of nitrogens with one attached hydrogen (secondary N) is 1. The van der Waals surface area contributed by atoms with Gasteiger partial charge in [-0.15, -0.1) is 10.2 Å². The Morgan fingerprint density at radius 1 is 1.14 bits per heavy atom. The van der Waals surface area contributed by atoms with Gasteiger partial charge >= 0.3 is 0 Å². The first-order valence-electron chi connectivity index (χ1n) is 6.96. The predicted octanol–water partition coefficient (Wildman–Crippen LogP) is 2.22. The van der Waals surface area contributed by atoms with E-state index < -0.39 is 0 Å². The van der Waals surface area contributed by atoms with Gasteiger partial charge in [-0.1, -0.05) is 23.7 Å². The van der Waals surface area contributed by atoms with Crippen LogP contribution in [0.3, 0.4) is 0 Å². The van der Waals surface area contributed by atoms with E-state index in [9.17, 15) is 4.79 Å². The molecule has 0 aliphatic carbocycles. The van der Waals surface area contributed by atoms with Crippen molar-refractivity contribution in [2.75, 3.05) is 36.5 Å². The molecule has 7 heteroatoms. The topological polar surface area (TPSA) is 67.4 Å². The van der Waals surface area contributed by atoms with Crippen LogP contribution in [-0.4, -0.2) is 42.4 Å². The average molecular weight is 319 g/mol. The molecule has 1 aliphatic rings. The Hall–Kier alpha value is -2.18. The van der Waals surface area contributed by atoms with Crippen molar-refractivity contribution in [3.63, 3.8) is 0 Å². The highest BCUT2D eigenvalue weighted by Crippen LogP contribution is 2.17. The molecule has 1 aromatic heterocycles. The van der Waals surface area contributed by atoms with Gasteiger partial charge in [0.15, 0.2) is 11.6 Å². The van der Waals surface area contributed by atoms with Gasteiger partial charge in [-0.3, -0.25) is 4.79 Å². The monoisotopic (exact) mass is 318 g/mol. The van der Waals surface area contributed by atoms with Gasteiger partial charge in [-0.2, -0.15) is 0 Å². The Kier molecular flexibility index (Phi) is 4.50. The van der Waals surface area contributed by atoms with Crippen LogP contribution >= 0.6 is 11.6 Å². The van der Waals surface area contributed by atoms with Crippen LogP contribution in [0.15, 0.2) is 36.4 Å². The normalized spacial score (nSPS) is 14.7. The molecule has 1 N–H and O–H groups in total. The molecule has 0 radical (unpaired) electrons. The molecule has 0 unspecified atom stereocenters. The van der Waals surface area contributed by atoms with Crippen LogP contribution < -0.4 is 10.2 Å². The molecule has 22 heavy (non-hydrogen) atoms. The van der Waals surface area contributed by atoms with Gasteiger partial charge in [0.1, 0.15) is 0 Å². The van der Waals surface area contributed by atoms with Crippen LogP contribution in [0.4, 0.5) is 11.6 Å². The summed E-state index contributed by atoms with van der Waals surface area (Å²) in [6.45, 7) is 2.96. The van der Waals surface area contributed by atoms with Crippen molar-refractivity contribution in [2.24, 2.45) is 0 Å². The standard InChI is InChI=1S/C15H15ClN4O2/c16-12-4-2-1-3-11(12)15(21)17-13-5-6-14(19-18-13)20-7-9-22-10-8-20/h1-6H,7-10H2,(H,17,18,21). The molecule has 0 spiro atoms. The molecule has 1 saturated heterocycles. The summed E-state index contributed by atoms with van der Waals surface area (Å²) >= 11 is 6.00. The van der Waals surface area contributed by atoms with E-state index in [0.717, 1.165) is 18.9 Å². The van der Waals surface area contributed by atoms with E-state index in [2.05, 4.69) is 20.4 Å². The van der Waals surface area contributed by atoms with E-state index in [1.807, 2.05) is 6.07 Å². The molecule has 0 atom stereocenters. The Morgan fingerprint density at radius 2 is 1.91 bits per heavy atom. The van der Waals surface area contributed by atoms with E-state index >= 15 is 0 Å². The molecule has 3 rings (SSSR count). The number of nitrogens with zero attached hydrogens (tertiary/aromatic N) is 3. The Morgan fingerprint density at radius 3 is 2.59 bits per heavy atom. The highest BCUT2D eigenvalue weighted by atomic mass is 35.5. The molecule has 0 saturated carbocycles. The SMILES string of the molecule is O=C(Nc1ccc(N2CCOCC2)nn1)c1ccccc1Cl. The third-order valence-electron chi connectivity index (χ3n) is 3.35. The number of aromatic nitrogens is 2. The number of amides is 1. The summed E-state index contributed by atoms with van der Waals surface area (Å²) in [5, 5.41) is 11.3. The maximum absolute atomic E-state index is 12.1. The number of anilines is 2. The molecular formula is C15H15ClN4O2. The van der Waals surface area contributed by atoms with Crippen LogP contribution in [0.2, 0.25) is 5.02 Å². The van der Waals surface area contributed by atoms with Crippen molar-refractivity contribution in [1.29, 1.82) is 0 Å². The van der Waals surface area contributed by atoms with Crippen LogP contribution in [0.1, 0.15) is 10.4 Å². The first-order valence-corrected chi connectivity index (χ1v) is 7.34.